The molecule has 0 aromatic carbocycles. The first-order valence-corrected chi connectivity index (χ1v) is 3.35. The average Bonchev–Trinajstić information content (AvgIpc) is 1.88. The predicted molar refractivity (Wildman–Crippen MR) is 39.5 cm³/mol. The van der Waals surface area contributed by atoms with E-state index in [1.54, 1.807) is 6.20 Å². The molecule has 0 saturated carbocycles. The van der Waals surface area contributed by atoms with Crippen molar-refractivity contribution >= 4 is 12.6 Å². The van der Waals surface area contributed by atoms with Crippen LogP contribution < -0.4 is 0 Å². The first-order valence-electron chi connectivity index (χ1n) is 2.72. The van der Waals surface area contributed by atoms with Gasteiger partial charge in [0.15, 0.2) is 0 Å². The van der Waals surface area contributed by atoms with E-state index in [9.17, 15) is 0 Å². The fourth-order valence-electron chi connectivity index (χ4n) is 0.577. The molecule has 2 nitrogen and oxygen atoms in total. The van der Waals surface area contributed by atoms with Crippen LogP contribution in [-0.2, 0) is 5.75 Å². The second-order valence-electron chi connectivity index (χ2n) is 1.77. The highest BCUT2D eigenvalue weighted by Gasteiger charge is 1.89. The van der Waals surface area contributed by atoms with Crippen LogP contribution in [-0.4, -0.2) is 9.97 Å². The summed E-state index contributed by atoms with van der Waals surface area (Å²) in [6, 6.07) is 1.87. The summed E-state index contributed by atoms with van der Waals surface area (Å²) < 4.78 is 0. The third-order valence-corrected chi connectivity index (χ3v) is 1.27. The molecule has 0 radical (unpaired) electrons. The van der Waals surface area contributed by atoms with Crippen molar-refractivity contribution in [3.8, 4) is 0 Å². The summed E-state index contributed by atoms with van der Waals surface area (Å²) >= 11 is 4.03. The summed E-state index contributed by atoms with van der Waals surface area (Å²) in [4.78, 5) is 8.07. The zero-order valence-corrected chi connectivity index (χ0v) is 6.10. The van der Waals surface area contributed by atoms with E-state index in [0.29, 0.717) is 5.75 Å². The molecule has 0 atom stereocenters. The van der Waals surface area contributed by atoms with Crippen LogP contribution in [0.5, 0.6) is 0 Å². The number of aryl methyl sites for hydroxylation is 1. The number of nitrogens with zero attached hydrogens (tertiary/aromatic N) is 2. The van der Waals surface area contributed by atoms with Gasteiger partial charge in [0.25, 0.3) is 0 Å². The molecule has 0 amide bonds. The maximum Gasteiger partial charge on any atom is 0.138 e. The van der Waals surface area contributed by atoms with Crippen molar-refractivity contribution in [3.63, 3.8) is 0 Å². The largest absolute Gasteiger partial charge is 0.240 e. The second-order valence-corrected chi connectivity index (χ2v) is 2.09. The van der Waals surface area contributed by atoms with Gasteiger partial charge in [0, 0.05) is 11.9 Å². The van der Waals surface area contributed by atoms with Gasteiger partial charge in [-0.05, 0) is 13.0 Å². The number of hydrogen-bond acceptors (Lipinski definition) is 3. The molecular formula is C6H8N2S. The molecule has 1 heterocycles. The summed E-state index contributed by atoms with van der Waals surface area (Å²) in [7, 11) is 0. The third-order valence-electron chi connectivity index (χ3n) is 0.986. The lowest BCUT2D eigenvalue weighted by Gasteiger charge is -1.93. The monoisotopic (exact) mass is 140 g/mol. The van der Waals surface area contributed by atoms with Gasteiger partial charge >= 0.3 is 0 Å². The van der Waals surface area contributed by atoms with Gasteiger partial charge in [0.05, 0.1) is 5.75 Å². The molecule has 9 heavy (non-hydrogen) atoms. The van der Waals surface area contributed by atoms with Crippen LogP contribution >= 0.6 is 12.6 Å². The van der Waals surface area contributed by atoms with Gasteiger partial charge in [0.1, 0.15) is 5.82 Å². The van der Waals surface area contributed by atoms with E-state index in [-0.39, 0.29) is 0 Å². The maximum absolute atomic E-state index is 4.10. The molecule has 0 saturated heterocycles. The van der Waals surface area contributed by atoms with Crippen molar-refractivity contribution < 1.29 is 0 Å². The Bertz CT molecular complexity index is 200. The molecule has 0 aliphatic heterocycles. The fraction of sp³-hybridized carbons (Fsp3) is 0.333. The smallest absolute Gasteiger partial charge is 0.138 e. The number of aromatic nitrogens is 2. The fourth-order valence-corrected chi connectivity index (χ4v) is 0.729. The molecule has 0 unspecified atom stereocenters. The summed E-state index contributed by atoms with van der Waals surface area (Å²) in [5.74, 6) is 1.40. The lowest BCUT2D eigenvalue weighted by atomic mass is 10.4. The van der Waals surface area contributed by atoms with Gasteiger partial charge in [-0.2, -0.15) is 12.6 Å². The predicted octanol–water partition coefficient (Wildman–Crippen LogP) is 1.21. The third kappa shape index (κ3) is 1.68. The van der Waals surface area contributed by atoms with Crippen LogP contribution in [0.2, 0.25) is 0 Å². The van der Waals surface area contributed by atoms with Crippen molar-refractivity contribution in [2.45, 2.75) is 12.7 Å². The maximum atomic E-state index is 4.10. The van der Waals surface area contributed by atoms with E-state index >= 15 is 0 Å². The Labute approximate surface area is 59.8 Å². The number of thiol groups is 1. The normalized spacial score (nSPS) is 9.56. The van der Waals surface area contributed by atoms with E-state index < -0.39 is 0 Å². The summed E-state index contributed by atoms with van der Waals surface area (Å²) in [5, 5.41) is 0. The van der Waals surface area contributed by atoms with Crippen molar-refractivity contribution in [2.24, 2.45) is 0 Å². The quantitative estimate of drug-likeness (QED) is 0.593. The number of rotatable bonds is 1. The van der Waals surface area contributed by atoms with Gasteiger partial charge in [-0.1, -0.05) is 0 Å². The lowest BCUT2D eigenvalue weighted by Crippen LogP contribution is -1.91. The molecule has 48 valence electrons. The molecule has 1 aromatic rings. The van der Waals surface area contributed by atoms with Gasteiger partial charge in [0.2, 0.25) is 0 Å². The topological polar surface area (TPSA) is 25.8 Å². The molecule has 1 aromatic heterocycles. The lowest BCUT2D eigenvalue weighted by molar-refractivity contribution is 0.998. The van der Waals surface area contributed by atoms with Crippen LogP contribution in [0.1, 0.15) is 11.5 Å². The Morgan fingerprint density at radius 3 is 2.89 bits per heavy atom. The average molecular weight is 140 g/mol. The van der Waals surface area contributed by atoms with E-state index in [4.69, 9.17) is 0 Å². The SMILES string of the molecule is Cc1ccnc(CS)n1. The summed E-state index contributed by atoms with van der Waals surface area (Å²) in [6.45, 7) is 1.94. The highest BCUT2D eigenvalue weighted by Crippen LogP contribution is 1.95. The van der Waals surface area contributed by atoms with E-state index in [2.05, 4.69) is 22.6 Å². The van der Waals surface area contributed by atoms with Crippen molar-refractivity contribution in [3.05, 3.63) is 23.8 Å². The first-order chi connectivity index (χ1) is 4.33. The minimum atomic E-state index is 0.613. The van der Waals surface area contributed by atoms with Crippen molar-refractivity contribution in [1.82, 2.24) is 9.97 Å². The molecule has 1 rings (SSSR count). The minimum absolute atomic E-state index is 0.613. The standard InChI is InChI=1S/C6H8N2S/c1-5-2-3-7-6(4-9)8-5/h2-3,9H,4H2,1H3. The van der Waals surface area contributed by atoms with Crippen LogP contribution in [0.4, 0.5) is 0 Å². The van der Waals surface area contributed by atoms with Gasteiger partial charge in [-0.15, -0.1) is 0 Å². The van der Waals surface area contributed by atoms with Gasteiger partial charge < -0.3 is 0 Å². The highest BCUT2D eigenvalue weighted by molar-refractivity contribution is 7.79. The van der Waals surface area contributed by atoms with Crippen molar-refractivity contribution in [2.75, 3.05) is 0 Å². The zero-order valence-electron chi connectivity index (χ0n) is 5.20. The zero-order chi connectivity index (χ0) is 6.69. The Hall–Kier alpha value is -0.570. The van der Waals surface area contributed by atoms with Crippen LogP contribution in [0, 0.1) is 6.92 Å². The Balaban J connectivity index is 2.94. The van der Waals surface area contributed by atoms with Gasteiger partial charge in [-0.3, -0.25) is 0 Å². The molecule has 0 fully saturated rings. The minimum Gasteiger partial charge on any atom is -0.240 e. The van der Waals surface area contributed by atoms with Crippen LogP contribution in [0.25, 0.3) is 0 Å². The Morgan fingerprint density at radius 2 is 2.44 bits per heavy atom. The van der Waals surface area contributed by atoms with Gasteiger partial charge in [-0.25, -0.2) is 9.97 Å². The Morgan fingerprint density at radius 1 is 1.67 bits per heavy atom. The summed E-state index contributed by atoms with van der Waals surface area (Å²) in [5.41, 5.74) is 0.994. The summed E-state index contributed by atoms with van der Waals surface area (Å²) in [6.07, 6.45) is 1.74. The van der Waals surface area contributed by atoms with Crippen LogP contribution in [0.15, 0.2) is 12.3 Å². The number of hydrogen-bond donors (Lipinski definition) is 1. The molecule has 0 aliphatic rings. The molecule has 0 bridgehead atoms. The first kappa shape index (κ1) is 6.55. The molecule has 0 N–H and O–H groups in total. The second kappa shape index (κ2) is 2.82. The molecule has 0 aliphatic carbocycles. The van der Waals surface area contributed by atoms with Crippen molar-refractivity contribution in [1.29, 1.82) is 0 Å². The van der Waals surface area contributed by atoms with E-state index in [1.807, 2.05) is 13.0 Å². The molecular weight excluding hydrogens is 132 g/mol. The highest BCUT2D eigenvalue weighted by atomic mass is 32.1. The van der Waals surface area contributed by atoms with Crippen LogP contribution in [0.3, 0.4) is 0 Å². The van der Waals surface area contributed by atoms with E-state index in [1.165, 1.54) is 0 Å². The van der Waals surface area contributed by atoms with E-state index in [0.717, 1.165) is 11.5 Å². The molecule has 3 heteroatoms. The molecule has 0 spiro atoms. The Kier molecular flexibility index (Phi) is 2.05.